The monoisotopic (exact) mass is 206 g/mol. The van der Waals surface area contributed by atoms with Gasteiger partial charge in [-0.3, -0.25) is 0 Å². The molecular weight excluding hydrogens is 188 g/mol. The third-order valence-corrected chi connectivity index (χ3v) is 3.10. The molecule has 1 saturated heterocycles. The normalized spacial score (nSPS) is 18.1. The van der Waals surface area contributed by atoms with Crippen molar-refractivity contribution in [2.24, 2.45) is 5.92 Å². The second kappa shape index (κ2) is 4.62. The van der Waals surface area contributed by atoms with Crippen LogP contribution in [-0.4, -0.2) is 29.8 Å². The fourth-order valence-corrected chi connectivity index (χ4v) is 2.04. The molecule has 1 aliphatic rings. The SMILES string of the molecule is Cc1ccnc(N2CCC(CO)CC2)c1. The number of anilines is 1. The summed E-state index contributed by atoms with van der Waals surface area (Å²) < 4.78 is 0. The molecule has 0 unspecified atom stereocenters. The van der Waals surface area contributed by atoms with E-state index in [4.69, 9.17) is 5.11 Å². The fraction of sp³-hybridized carbons (Fsp3) is 0.583. The maximum atomic E-state index is 9.06. The van der Waals surface area contributed by atoms with Gasteiger partial charge in [-0.15, -0.1) is 0 Å². The highest BCUT2D eigenvalue weighted by Crippen LogP contribution is 2.21. The molecule has 1 N–H and O–H groups in total. The van der Waals surface area contributed by atoms with Gasteiger partial charge in [-0.05, 0) is 43.4 Å². The lowest BCUT2D eigenvalue weighted by Crippen LogP contribution is -2.35. The molecule has 2 rings (SSSR count). The van der Waals surface area contributed by atoms with Crippen LogP contribution in [0.2, 0.25) is 0 Å². The van der Waals surface area contributed by atoms with E-state index in [1.807, 2.05) is 12.3 Å². The summed E-state index contributed by atoms with van der Waals surface area (Å²) in [6.45, 7) is 4.45. The van der Waals surface area contributed by atoms with Crippen molar-refractivity contribution in [2.45, 2.75) is 19.8 Å². The van der Waals surface area contributed by atoms with E-state index < -0.39 is 0 Å². The van der Waals surface area contributed by atoms with Crippen molar-refractivity contribution in [1.82, 2.24) is 4.98 Å². The number of aliphatic hydroxyl groups is 1. The van der Waals surface area contributed by atoms with Gasteiger partial charge in [-0.2, -0.15) is 0 Å². The molecule has 0 saturated carbocycles. The summed E-state index contributed by atoms with van der Waals surface area (Å²) in [6, 6.07) is 4.14. The lowest BCUT2D eigenvalue weighted by molar-refractivity contribution is 0.203. The maximum absolute atomic E-state index is 9.06. The van der Waals surface area contributed by atoms with Crippen LogP contribution in [0, 0.1) is 12.8 Å². The lowest BCUT2D eigenvalue weighted by Gasteiger charge is -2.32. The Hall–Kier alpha value is -1.09. The highest BCUT2D eigenvalue weighted by Gasteiger charge is 2.19. The van der Waals surface area contributed by atoms with Crippen LogP contribution in [0.4, 0.5) is 5.82 Å². The van der Waals surface area contributed by atoms with Gasteiger partial charge < -0.3 is 10.0 Å². The highest BCUT2D eigenvalue weighted by atomic mass is 16.3. The number of pyridine rings is 1. The van der Waals surface area contributed by atoms with Crippen molar-refractivity contribution in [2.75, 3.05) is 24.6 Å². The molecule has 82 valence electrons. The number of nitrogens with zero attached hydrogens (tertiary/aromatic N) is 2. The molecule has 1 aromatic rings. The Kier molecular flexibility index (Phi) is 3.21. The summed E-state index contributed by atoms with van der Waals surface area (Å²) >= 11 is 0. The fourth-order valence-electron chi connectivity index (χ4n) is 2.04. The van der Waals surface area contributed by atoms with Gasteiger partial charge in [0.05, 0.1) is 0 Å². The summed E-state index contributed by atoms with van der Waals surface area (Å²) in [7, 11) is 0. The number of rotatable bonds is 2. The van der Waals surface area contributed by atoms with Crippen LogP contribution >= 0.6 is 0 Å². The minimum Gasteiger partial charge on any atom is -0.396 e. The number of piperidine rings is 1. The zero-order valence-corrected chi connectivity index (χ0v) is 9.19. The van der Waals surface area contributed by atoms with E-state index in [1.54, 1.807) is 0 Å². The Labute approximate surface area is 90.8 Å². The number of aliphatic hydroxyl groups excluding tert-OH is 1. The number of hydrogen-bond acceptors (Lipinski definition) is 3. The first-order valence-electron chi connectivity index (χ1n) is 5.58. The van der Waals surface area contributed by atoms with E-state index in [2.05, 4.69) is 22.9 Å². The van der Waals surface area contributed by atoms with Gasteiger partial charge in [-0.1, -0.05) is 0 Å². The first kappa shape index (κ1) is 10.4. The molecule has 1 aliphatic heterocycles. The minimum absolute atomic E-state index is 0.328. The van der Waals surface area contributed by atoms with Crippen molar-refractivity contribution >= 4 is 5.82 Å². The maximum Gasteiger partial charge on any atom is 0.128 e. The minimum atomic E-state index is 0.328. The largest absolute Gasteiger partial charge is 0.396 e. The second-order valence-corrected chi connectivity index (χ2v) is 4.30. The topological polar surface area (TPSA) is 36.4 Å². The summed E-state index contributed by atoms with van der Waals surface area (Å²) in [5.74, 6) is 1.57. The van der Waals surface area contributed by atoms with Crippen LogP contribution in [0.25, 0.3) is 0 Å². The third kappa shape index (κ3) is 2.48. The molecular formula is C12H18N2O. The molecule has 2 heterocycles. The van der Waals surface area contributed by atoms with Gasteiger partial charge >= 0.3 is 0 Å². The summed E-state index contributed by atoms with van der Waals surface area (Å²) in [5.41, 5.74) is 1.25. The van der Waals surface area contributed by atoms with E-state index in [0.29, 0.717) is 12.5 Å². The molecule has 0 bridgehead atoms. The molecule has 0 amide bonds. The third-order valence-electron chi connectivity index (χ3n) is 3.10. The predicted octanol–water partition coefficient (Wildman–Crippen LogP) is 1.60. The summed E-state index contributed by atoms with van der Waals surface area (Å²) in [6.07, 6.45) is 4.01. The summed E-state index contributed by atoms with van der Waals surface area (Å²) in [5, 5.41) is 9.06. The molecule has 1 fully saturated rings. The lowest BCUT2D eigenvalue weighted by atomic mass is 9.98. The van der Waals surface area contributed by atoms with E-state index in [1.165, 1.54) is 5.56 Å². The standard InChI is InChI=1S/C12H18N2O/c1-10-2-5-13-12(8-10)14-6-3-11(9-15)4-7-14/h2,5,8,11,15H,3-4,6-7,9H2,1H3. The first-order valence-corrected chi connectivity index (χ1v) is 5.58. The van der Waals surface area contributed by atoms with Gasteiger partial charge in [0.1, 0.15) is 5.82 Å². The molecule has 15 heavy (non-hydrogen) atoms. The van der Waals surface area contributed by atoms with Crippen LogP contribution in [0.15, 0.2) is 18.3 Å². The van der Waals surface area contributed by atoms with Gasteiger partial charge in [-0.25, -0.2) is 4.98 Å². The highest BCUT2D eigenvalue weighted by molar-refractivity contribution is 5.40. The zero-order chi connectivity index (χ0) is 10.7. The van der Waals surface area contributed by atoms with Crippen molar-refractivity contribution < 1.29 is 5.11 Å². The smallest absolute Gasteiger partial charge is 0.128 e. The Morgan fingerprint density at radius 3 is 2.80 bits per heavy atom. The summed E-state index contributed by atoms with van der Waals surface area (Å²) in [4.78, 5) is 6.68. The van der Waals surface area contributed by atoms with E-state index in [0.717, 1.165) is 31.7 Å². The van der Waals surface area contributed by atoms with Gasteiger partial charge in [0.25, 0.3) is 0 Å². The van der Waals surface area contributed by atoms with Crippen molar-refractivity contribution in [3.8, 4) is 0 Å². The average molecular weight is 206 g/mol. The quantitative estimate of drug-likeness (QED) is 0.798. The molecule has 1 aromatic heterocycles. The van der Waals surface area contributed by atoms with Crippen LogP contribution in [0.3, 0.4) is 0 Å². The molecule has 3 heteroatoms. The number of aryl methyl sites for hydroxylation is 1. The Morgan fingerprint density at radius 2 is 2.20 bits per heavy atom. The van der Waals surface area contributed by atoms with E-state index in [-0.39, 0.29) is 0 Å². The molecule has 0 atom stereocenters. The Morgan fingerprint density at radius 1 is 1.47 bits per heavy atom. The van der Waals surface area contributed by atoms with E-state index >= 15 is 0 Å². The zero-order valence-electron chi connectivity index (χ0n) is 9.19. The predicted molar refractivity (Wildman–Crippen MR) is 61.0 cm³/mol. The first-order chi connectivity index (χ1) is 7.29. The van der Waals surface area contributed by atoms with Crippen molar-refractivity contribution in [1.29, 1.82) is 0 Å². The average Bonchev–Trinajstić information content (AvgIpc) is 2.29. The molecule has 0 aromatic carbocycles. The number of hydrogen-bond donors (Lipinski definition) is 1. The van der Waals surface area contributed by atoms with Gasteiger partial charge in [0.15, 0.2) is 0 Å². The van der Waals surface area contributed by atoms with E-state index in [9.17, 15) is 0 Å². The van der Waals surface area contributed by atoms with Crippen LogP contribution in [-0.2, 0) is 0 Å². The van der Waals surface area contributed by atoms with Crippen LogP contribution in [0.1, 0.15) is 18.4 Å². The van der Waals surface area contributed by atoms with Crippen molar-refractivity contribution in [3.63, 3.8) is 0 Å². The molecule has 0 aliphatic carbocycles. The Bertz CT molecular complexity index is 319. The van der Waals surface area contributed by atoms with Gasteiger partial charge in [0.2, 0.25) is 0 Å². The Balaban J connectivity index is 2.01. The number of aromatic nitrogens is 1. The molecule has 0 radical (unpaired) electrons. The second-order valence-electron chi connectivity index (χ2n) is 4.30. The van der Waals surface area contributed by atoms with Crippen LogP contribution in [0.5, 0.6) is 0 Å². The molecule has 3 nitrogen and oxygen atoms in total. The van der Waals surface area contributed by atoms with Crippen molar-refractivity contribution in [3.05, 3.63) is 23.9 Å². The molecule has 0 spiro atoms. The van der Waals surface area contributed by atoms with Crippen LogP contribution < -0.4 is 4.90 Å². The van der Waals surface area contributed by atoms with Gasteiger partial charge in [0, 0.05) is 25.9 Å².